The molecule has 0 aromatic carbocycles. The molecule has 2 aromatic rings. The molecule has 0 aliphatic carbocycles. The number of fused-ring (bicyclic) bond motifs is 1. The van der Waals surface area contributed by atoms with Gasteiger partial charge in [0.05, 0.1) is 12.1 Å². The highest BCUT2D eigenvalue weighted by molar-refractivity contribution is 5.88. The fourth-order valence-corrected chi connectivity index (χ4v) is 1.62. The van der Waals surface area contributed by atoms with Crippen molar-refractivity contribution in [1.29, 1.82) is 0 Å². The van der Waals surface area contributed by atoms with Crippen LogP contribution < -0.4 is 5.56 Å². The third-order valence-electron chi connectivity index (χ3n) is 2.41. The van der Waals surface area contributed by atoms with Crippen molar-refractivity contribution in [3.63, 3.8) is 0 Å². The van der Waals surface area contributed by atoms with Crippen molar-refractivity contribution in [1.82, 2.24) is 14.6 Å². The molecule has 0 spiro atoms. The van der Waals surface area contributed by atoms with Crippen molar-refractivity contribution >= 4 is 17.3 Å². The van der Waals surface area contributed by atoms with Gasteiger partial charge in [-0.1, -0.05) is 6.92 Å². The topological polar surface area (TPSA) is 91.8 Å². The van der Waals surface area contributed by atoms with Gasteiger partial charge in [0.1, 0.15) is 0 Å². The van der Waals surface area contributed by atoms with Crippen LogP contribution in [0.3, 0.4) is 0 Å². The Hall–Kier alpha value is -2.62. The zero-order chi connectivity index (χ0) is 12.6. The van der Waals surface area contributed by atoms with Crippen LogP contribution in [0, 0.1) is 6.57 Å². The fourth-order valence-electron chi connectivity index (χ4n) is 1.62. The molecule has 0 saturated carbocycles. The summed E-state index contributed by atoms with van der Waals surface area (Å²) in [4.78, 5) is 30.0. The van der Waals surface area contributed by atoms with Crippen molar-refractivity contribution in [3.8, 4) is 0 Å². The Kier molecular flexibility index (Phi) is 2.40. The summed E-state index contributed by atoms with van der Waals surface area (Å²) in [5.41, 5.74) is -0.493. The van der Waals surface area contributed by atoms with Crippen LogP contribution in [0.5, 0.6) is 0 Å². The standard InChI is InChI=1S/C10H8N4O3/c1-3-5-7(10(16)17)13-8-6(11-2)4-12-14(8)9(5)15/h4,12H,3H2,1H3,(H,16,17). The molecule has 0 radical (unpaired) electrons. The van der Waals surface area contributed by atoms with E-state index in [1.54, 1.807) is 6.92 Å². The van der Waals surface area contributed by atoms with E-state index in [4.69, 9.17) is 11.7 Å². The third kappa shape index (κ3) is 1.47. The predicted molar refractivity (Wildman–Crippen MR) is 58.4 cm³/mol. The SMILES string of the molecule is [C-]#[N+]c1c[nH]n2c(=O)c(CC)c(C(=O)O)nc12. The zero-order valence-electron chi connectivity index (χ0n) is 8.89. The van der Waals surface area contributed by atoms with Crippen LogP contribution in [0.2, 0.25) is 0 Å². The van der Waals surface area contributed by atoms with E-state index >= 15 is 0 Å². The second kappa shape index (κ2) is 3.75. The third-order valence-corrected chi connectivity index (χ3v) is 2.41. The Balaban J connectivity index is 2.97. The van der Waals surface area contributed by atoms with E-state index in [1.807, 2.05) is 0 Å². The molecule has 0 atom stereocenters. The average Bonchev–Trinajstić information content (AvgIpc) is 2.71. The van der Waals surface area contributed by atoms with Crippen molar-refractivity contribution in [3.05, 3.63) is 39.2 Å². The maximum Gasteiger partial charge on any atom is 0.355 e. The molecule has 7 nitrogen and oxygen atoms in total. The van der Waals surface area contributed by atoms with Crippen LogP contribution in [-0.4, -0.2) is 25.7 Å². The minimum atomic E-state index is -1.27. The Morgan fingerprint density at radius 1 is 1.71 bits per heavy atom. The fraction of sp³-hybridized carbons (Fsp3) is 0.200. The number of aromatic amines is 1. The molecular formula is C10H8N4O3. The molecule has 2 rings (SSSR count). The van der Waals surface area contributed by atoms with E-state index in [0.29, 0.717) is 0 Å². The molecule has 17 heavy (non-hydrogen) atoms. The second-order valence-corrected chi connectivity index (χ2v) is 3.33. The maximum atomic E-state index is 11.9. The van der Waals surface area contributed by atoms with Crippen molar-refractivity contribution in [2.45, 2.75) is 13.3 Å². The molecule has 2 aromatic heterocycles. The number of H-pyrrole nitrogens is 1. The second-order valence-electron chi connectivity index (χ2n) is 3.33. The van der Waals surface area contributed by atoms with Gasteiger partial charge in [0.15, 0.2) is 11.3 Å². The Morgan fingerprint density at radius 3 is 2.94 bits per heavy atom. The summed E-state index contributed by atoms with van der Waals surface area (Å²) >= 11 is 0. The number of carboxylic acid groups (broad SMARTS) is 1. The van der Waals surface area contributed by atoms with E-state index in [1.165, 1.54) is 6.20 Å². The van der Waals surface area contributed by atoms with Crippen LogP contribution in [-0.2, 0) is 6.42 Å². The van der Waals surface area contributed by atoms with Gasteiger partial charge in [-0.05, 0) is 6.42 Å². The first-order valence-corrected chi connectivity index (χ1v) is 4.84. The summed E-state index contributed by atoms with van der Waals surface area (Å²) in [6.45, 7) is 8.57. The molecule has 2 N–H and O–H groups in total. The largest absolute Gasteiger partial charge is 0.476 e. The van der Waals surface area contributed by atoms with E-state index < -0.39 is 11.5 Å². The van der Waals surface area contributed by atoms with Gasteiger partial charge < -0.3 is 10.2 Å². The minimum Gasteiger partial charge on any atom is -0.476 e. The van der Waals surface area contributed by atoms with Crippen molar-refractivity contribution in [2.24, 2.45) is 0 Å². The summed E-state index contributed by atoms with van der Waals surface area (Å²) in [7, 11) is 0. The lowest BCUT2D eigenvalue weighted by Crippen LogP contribution is -2.24. The summed E-state index contributed by atoms with van der Waals surface area (Å²) in [6.07, 6.45) is 1.59. The first-order chi connectivity index (χ1) is 8.10. The highest BCUT2D eigenvalue weighted by Gasteiger charge is 2.19. The van der Waals surface area contributed by atoms with Gasteiger partial charge in [-0.3, -0.25) is 4.79 Å². The smallest absolute Gasteiger partial charge is 0.355 e. The van der Waals surface area contributed by atoms with Crippen molar-refractivity contribution in [2.75, 3.05) is 0 Å². The van der Waals surface area contributed by atoms with E-state index in [0.717, 1.165) is 4.52 Å². The highest BCUT2D eigenvalue weighted by Crippen LogP contribution is 2.17. The number of hydrogen-bond acceptors (Lipinski definition) is 3. The highest BCUT2D eigenvalue weighted by atomic mass is 16.4. The number of rotatable bonds is 2. The molecule has 0 bridgehead atoms. The maximum absolute atomic E-state index is 11.9. The average molecular weight is 232 g/mol. The Morgan fingerprint density at radius 2 is 2.41 bits per heavy atom. The summed E-state index contributed by atoms with van der Waals surface area (Å²) in [5, 5.41) is 11.6. The zero-order valence-corrected chi connectivity index (χ0v) is 8.89. The lowest BCUT2D eigenvalue weighted by atomic mass is 10.2. The van der Waals surface area contributed by atoms with Crippen LogP contribution in [0.1, 0.15) is 23.0 Å². The first-order valence-electron chi connectivity index (χ1n) is 4.84. The number of carbonyl (C=O) groups is 1. The first kappa shape index (κ1) is 10.9. The van der Waals surface area contributed by atoms with E-state index in [-0.39, 0.29) is 29.0 Å². The molecule has 7 heteroatoms. The van der Waals surface area contributed by atoms with E-state index in [9.17, 15) is 9.59 Å². The van der Waals surface area contributed by atoms with Gasteiger partial charge in [0.2, 0.25) is 5.69 Å². The van der Waals surface area contributed by atoms with Gasteiger partial charge in [0, 0.05) is 6.20 Å². The molecule has 0 unspecified atom stereocenters. The molecule has 0 fully saturated rings. The summed E-state index contributed by atoms with van der Waals surface area (Å²) < 4.78 is 1.08. The lowest BCUT2D eigenvalue weighted by Gasteiger charge is -2.03. The molecule has 0 aliphatic heterocycles. The number of nitrogens with zero attached hydrogens (tertiary/aromatic N) is 3. The molecule has 0 amide bonds. The monoisotopic (exact) mass is 232 g/mol. The van der Waals surface area contributed by atoms with Crippen molar-refractivity contribution < 1.29 is 9.90 Å². The van der Waals surface area contributed by atoms with Gasteiger partial charge in [-0.2, -0.15) is 0 Å². The van der Waals surface area contributed by atoms with Crippen LogP contribution in [0.4, 0.5) is 5.69 Å². The predicted octanol–water partition coefficient (Wildman–Crippen LogP) is 0.834. The summed E-state index contributed by atoms with van der Waals surface area (Å²) in [6, 6.07) is 0. The number of carboxylic acids is 1. The Bertz CT molecular complexity index is 705. The van der Waals surface area contributed by atoms with Gasteiger partial charge >= 0.3 is 5.97 Å². The number of aromatic nitrogens is 3. The summed E-state index contributed by atoms with van der Waals surface area (Å²) in [5.74, 6) is -1.27. The molecular weight excluding hydrogens is 224 g/mol. The molecule has 0 aliphatic rings. The number of hydrogen-bond donors (Lipinski definition) is 2. The quantitative estimate of drug-likeness (QED) is 0.750. The van der Waals surface area contributed by atoms with Crippen LogP contribution in [0.15, 0.2) is 11.0 Å². The van der Waals surface area contributed by atoms with Crippen LogP contribution >= 0.6 is 0 Å². The van der Waals surface area contributed by atoms with Crippen LogP contribution in [0.25, 0.3) is 10.5 Å². The molecule has 0 saturated heterocycles. The molecule has 86 valence electrons. The minimum absolute atomic E-state index is 0.0413. The molecule has 2 heterocycles. The lowest BCUT2D eigenvalue weighted by molar-refractivity contribution is 0.0689. The normalized spacial score (nSPS) is 10.4. The number of aromatic carboxylic acids is 1. The number of nitrogens with one attached hydrogen (secondary N) is 1. The Labute approximate surface area is 95.1 Å². The van der Waals surface area contributed by atoms with Gasteiger partial charge in [-0.15, -0.1) is 0 Å². The van der Waals surface area contributed by atoms with Gasteiger partial charge in [0.25, 0.3) is 5.56 Å². The van der Waals surface area contributed by atoms with E-state index in [2.05, 4.69) is 14.9 Å². The van der Waals surface area contributed by atoms with Gasteiger partial charge in [-0.25, -0.2) is 19.1 Å².